The van der Waals surface area contributed by atoms with Gasteiger partial charge < -0.3 is 9.84 Å². The third-order valence-corrected chi connectivity index (χ3v) is 4.01. The smallest absolute Gasteiger partial charge is 0.326 e. The molecule has 1 fully saturated rings. The molecule has 0 aromatic heterocycles. The molecule has 0 spiro atoms. The van der Waals surface area contributed by atoms with Gasteiger partial charge in [-0.05, 0) is 37.5 Å². The molecule has 1 saturated carbocycles. The van der Waals surface area contributed by atoms with Gasteiger partial charge in [0.25, 0.3) is 0 Å². The van der Waals surface area contributed by atoms with E-state index in [0.717, 1.165) is 25.7 Å². The fourth-order valence-corrected chi connectivity index (χ4v) is 2.80. The number of halogens is 1. The fourth-order valence-electron chi connectivity index (χ4n) is 2.80. The average molecular weight is 295 g/mol. The van der Waals surface area contributed by atoms with Gasteiger partial charge in [-0.3, -0.25) is 10.1 Å². The highest BCUT2D eigenvalue weighted by molar-refractivity contribution is 5.81. The first-order valence-electron chi connectivity index (χ1n) is 7.43. The molecule has 1 atom stereocenters. The van der Waals surface area contributed by atoms with Gasteiger partial charge in [0.05, 0.1) is 12.7 Å². The first-order chi connectivity index (χ1) is 10.1. The SMILES string of the molecule is CCOC(=O)C1(NCC(O)c2ccc(F)cc2)CCCC1. The van der Waals surface area contributed by atoms with Gasteiger partial charge in [-0.15, -0.1) is 0 Å². The topological polar surface area (TPSA) is 58.6 Å². The molecule has 2 rings (SSSR count). The Bertz CT molecular complexity index is 469. The van der Waals surface area contributed by atoms with Gasteiger partial charge in [-0.2, -0.15) is 0 Å². The predicted octanol–water partition coefficient (Wildman–Crippen LogP) is 2.32. The van der Waals surface area contributed by atoms with Crippen molar-refractivity contribution in [3.05, 3.63) is 35.6 Å². The van der Waals surface area contributed by atoms with Crippen molar-refractivity contribution in [2.45, 2.75) is 44.2 Å². The zero-order valence-electron chi connectivity index (χ0n) is 12.3. The Balaban J connectivity index is 1.98. The molecule has 1 aromatic rings. The van der Waals surface area contributed by atoms with E-state index in [1.54, 1.807) is 19.1 Å². The molecule has 0 radical (unpaired) electrons. The van der Waals surface area contributed by atoms with Crippen LogP contribution in [0.25, 0.3) is 0 Å². The minimum atomic E-state index is -0.780. The second-order valence-electron chi connectivity index (χ2n) is 5.46. The first-order valence-corrected chi connectivity index (χ1v) is 7.43. The Morgan fingerprint density at radius 1 is 1.38 bits per heavy atom. The number of aliphatic hydroxyl groups is 1. The summed E-state index contributed by atoms with van der Waals surface area (Å²) in [7, 11) is 0. The highest BCUT2D eigenvalue weighted by atomic mass is 19.1. The molecule has 1 aliphatic carbocycles. The summed E-state index contributed by atoms with van der Waals surface area (Å²) in [4.78, 5) is 12.1. The monoisotopic (exact) mass is 295 g/mol. The van der Waals surface area contributed by atoms with Gasteiger partial charge >= 0.3 is 5.97 Å². The summed E-state index contributed by atoms with van der Waals surface area (Å²) in [5, 5.41) is 13.3. The Morgan fingerprint density at radius 3 is 2.57 bits per heavy atom. The number of nitrogens with one attached hydrogen (secondary N) is 1. The first kappa shape index (κ1) is 15.9. The van der Waals surface area contributed by atoms with Crippen LogP contribution in [0.4, 0.5) is 4.39 Å². The van der Waals surface area contributed by atoms with Crippen LogP contribution >= 0.6 is 0 Å². The number of aliphatic hydroxyl groups excluding tert-OH is 1. The number of rotatable bonds is 6. The summed E-state index contributed by atoms with van der Waals surface area (Å²) in [6, 6.07) is 5.73. The zero-order valence-corrected chi connectivity index (χ0v) is 12.3. The number of β-amino-alcohol motifs (C(OH)–C–C–N with tert-alkyl or cyclic N) is 1. The van der Waals surface area contributed by atoms with Crippen molar-refractivity contribution in [2.24, 2.45) is 0 Å². The van der Waals surface area contributed by atoms with Gasteiger partial charge in [-0.25, -0.2) is 4.39 Å². The molecule has 0 aliphatic heterocycles. The normalized spacial score (nSPS) is 18.4. The maximum absolute atomic E-state index is 12.9. The van der Waals surface area contributed by atoms with Crippen LogP contribution in [0.3, 0.4) is 0 Å². The molecule has 2 N–H and O–H groups in total. The minimum absolute atomic E-state index is 0.241. The van der Waals surface area contributed by atoms with Gasteiger partial charge in [0.1, 0.15) is 11.4 Å². The van der Waals surface area contributed by atoms with Crippen LogP contribution in [-0.2, 0) is 9.53 Å². The molecular formula is C16H22FNO3. The van der Waals surface area contributed by atoms with E-state index in [1.807, 2.05) is 0 Å². The van der Waals surface area contributed by atoms with Crippen LogP contribution in [0.2, 0.25) is 0 Å². The summed E-state index contributed by atoms with van der Waals surface area (Å²) >= 11 is 0. The third-order valence-electron chi connectivity index (χ3n) is 4.01. The largest absolute Gasteiger partial charge is 0.465 e. The number of ether oxygens (including phenoxy) is 1. The van der Waals surface area contributed by atoms with Crippen molar-refractivity contribution in [1.82, 2.24) is 5.32 Å². The van der Waals surface area contributed by atoms with E-state index in [4.69, 9.17) is 4.74 Å². The highest BCUT2D eigenvalue weighted by Gasteiger charge is 2.42. The molecule has 5 heteroatoms. The number of hydrogen-bond acceptors (Lipinski definition) is 4. The van der Waals surface area contributed by atoms with Crippen LogP contribution in [0.15, 0.2) is 24.3 Å². The van der Waals surface area contributed by atoms with E-state index in [1.165, 1.54) is 12.1 Å². The van der Waals surface area contributed by atoms with Crippen molar-refractivity contribution < 1.29 is 19.0 Å². The van der Waals surface area contributed by atoms with Gasteiger partial charge in [0, 0.05) is 6.54 Å². The maximum atomic E-state index is 12.9. The minimum Gasteiger partial charge on any atom is -0.465 e. The number of hydrogen-bond donors (Lipinski definition) is 2. The average Bonchev–Trinajstić information content (AvgIpc) is 2.96. The van der Waals surface area contributed by atoms with Crippen molar-refractivity contribution in [2.75, 3.05) is 13.2 Å². The maximum Gasteiger partial charge on any atom is 0.326 e. The van der Waals surface area contributed by atoms with Crippen LogP contribution in [0.1, 0.15) is 44.3 Å². The van der Waals surface area contributed by atoms with Crippen molar-refractivity contribution in [3.8, 4) is 0 Å². The molecule has 1 unspecified atom stereocenters. The summed E-state index contributed by atoms with van der Waals surface area (Å²) in [5.74, 6) is -0.577. The number of carbonyl (C=O) groups excluding carboxylic acids is 1. The summed E-state index contributed by atoms with van der Waals surface area (Å²) < 4.78 is 18.0. The van der Waals surface area contributed by atoms with Crippen LogP contribution in [0.5, 0.6) is 0 Å². The van der Waals surface area contributed by atoms with Crippen molar-refractivity contribution >= 4 is 5.97 Å². The second kappa shape index (κ2) is 7.00. The van der Waals surface area contributed by atoms with Crippen LogP contribution in [0, 0.1) is 5.82 Å². The quantitative estimate of drug-likeness (QED) is 0.791. The number of esters is 1. The lowest BCUT2D eigenvalue weighted by atomic mass is 9.97. The standard InChI is InChI=1S/C16H22FNO3/c1-2-21-15(20)16(9-3-4-10-16)18-11-14(19)12-5-7-13(17)8-6-12/h5-8,14,18-19H,2-4,9-11H2,1H3. The summed E-state index contributed by atoms with van der Waals surface area (Å²) in [5.41, 5.74) is -0.0577. The zero-order chi connectivity index (χ0) is 15.3. The molecular weight excluding hydrogens is 273 g/mol. The molecule has 4 nitrogen and oxygen atoms in total. The molecule has 116 valence electrons. The van der Waals surface area contributed by atoms with Crippen LogP contribution < -0.4 is 5.32 Å². The summed E-state index contributed by atoms with van der Waals surface area (Å²) in [6.07, 6.45) is 2.61. The lowest BCUT2D eigenvalue weighted by Crippen LogP contribution is -2.52. The molecule has 1 aromatic carbocycles. The molecule has 0 bridgehead atoms. The second-order valence-corrected chi connectivity index (χ2v) is 5.46. The van der Waals surface area contributed by atoms with Crippen LogP contribution in [-0.4, -0.2) is 29.8 Å². The Labute approximate surface area is 124 Å². The van der Waals surface area contributed by atoms with Gasteiger partial charge in [-0.1, -0.05) is 25.0 Å². The van der Waals surface area contributed by atoms with E-state index in [0.29, 0.717) is 12.2 Å². The summed E-state index contributed by atoms with van der Waals surface area (Å²) in [6.45, 7) is 2.38. The Kier molecular flexibility index (Phi) is 5.31. The Morgan fingerprint density at radius 2 is 2.00 bits per heavy atom. The Hall–Kier alpha value is -1.46. The van der Waals surface area contributed by atoms with Gasteiger partial charge in [0.2, 0.25) is 0 Å². The molecule has 21 heavy (non-hydrogen) atoms. The predicted molar refractivity (Wildman–Crippen MR) is 77.2 cm³/mol. The molecule has 1 aliphatic rings. The number of carbonyl (C=O) groups is 1. The fraction of sp³-hybridized carbons (Fsp3) is 0.562. The van der Waals surface area contributed by atoms with Crippen molar-refractivity contribution in [1.29, 1.82) is 0 Å². The lowest BCUT2D eigenvalue weighted by Gasteiger charge is -2.29. The third kappa shape index (κ3) is 3.80. The van der Waals surface area contributed by atoms with E-state index >= 15 is 0 Å². The molecule has 0 amide bonds. The van der Waals surface area contributed by atoms with E-state index in [-0.39, 0.29) is 18.3 Å². The van der Waals surface area contributed by atoms with E-state index in [2.05, 4.69) is 5.32 Å². The highest BCUT2D eigenvalue weighted by Crippen LogP contribution is 2.31. The lowest BCUT2D eigenvalue weighted by molar-refractivity contribution is -0.151. The van der Waals surface area contributed by atoms with Gasteiger partial charge in [0.15, 0.2) is 0 Å². The molecule has 0 saturated heterocycles. The van der Waals surface area contributed by atoms with E-state index in [9.17, 15) is 14.3 Å². The molecule has 0 heterocycles. The number of benzene rings is 1. The van der Waals surface area contributed by atoms with Crippen molar-refractivity contribution in [3.63, 3.8) is 0 Å². The van der Waals surface area contributed by atoms with E-state index < -0.39 is 11.6 Å².